The van der Waals surface area contributed by atoms with Gasteiger partial charge in [0.2, 0.25) is 11.1 Å². The highest BCUT2D eigenvalue weighted by Crippen LogP contribution is 2.19. The predicted molar refractivity (Wildman–Crippen MR) is 117 cm³/mol. The fourth-order valence-corrected chi connectivity index (χ4v) is 4.89. The van der Waals surface area contributed by atoms with Crippen LogP contribution in [0.4, 0.5) is 0 Å². The van der Waals surface area contributed by atoms with Crippen LogP contribution in [0.2, 0.25) is 0 Å². The first kappa shape index (κ1) is 20.3. The van der Waals surface area contributed by atoms with Crippen molar-refractivity contribution in [2.24, 2.45) is 0 Å². The Hall–Kier alpha value is -1.97. The van der Waals surface area contributed by atoms with E-state index in [0.717, 1.165) is 49.7 Å². The maximum absolute atomic E-state index is 12.8. The maximum Gasteiger partial charge on any atom is 0.253 e. The molecule has 0 N–H and O–H groups in total. The Bertz CT molecular complexity index is 992. The molecular weight excluding hydrogens is 404 g/mol. The molecule has 0 unspecified atom stereocenters. The Morgan fingerprint density at radius 3 is 2.69 bits per heavy atom. The Kier molecular flexibility index (Phi) is 6.17. The summed E-state index contributed by atoms with van der Waals surface area (Å²) in [7, 11) is 0. The van der Waals surface area contributed by atoms with Crippen LogP contribution < -0.4 is 0 Å². The molecule has 1 aliphatic heterocycles. The Balaban J connectivity index is 1.35. The maximum atomic E-state index is 12.8. The van der Waals surface area contributed by atoms with Crippen molar-refractivity contribution in [2.75, 3.05) is 32.4 Å². The highest BCUT2D eigenvalue weighted by atomic mass is 32.2. The van der Waals surface area contributed by atoms with Gasteiger partial charge in [0, 0.05) is 55.4 Å². The number of hydrogen-bond donors (Lipinski definition) is 0. The van der Waals surface area contributed by atoms with Gasteiger partial charge in [-0.2, -0.15) is 4.98 Å². The number of hydrogen-bond acceptors (Lipinski definition) is 7. The average molecular weight is 431 g/mol. The molecule has 0 aromatic carbocycles. The monoisotopic (exact) mass is 430 g/mol. The summed E-state index contributed by atoms with van der Waals surface area (Å²) in [6.07, 6.45) is 3.14. The van der Waals surface area contributed by atoms with Crippen LogP contribution in [0.15, 0.2) is 22.7 Å². The van der Waals surface area contributed by atoms with Crippen LogP contribution in [0.5, 0.6) is 0 Å². The second kappa shape index (κ2) is 8.81. The number of amides is 1. The fraction of sp³-hybridized carbons (Fsp3) is 0.500. The topological polar surface area (TPSA) is 66.6 Å². The SMILES string of the molecule is CSc1nc2nc(C)c(CCC(=O)N3CCN(Cc4cccs4)CC3)c(C)n2n1. The molecule has 1 saturated heterocycles. The second-order valence-electron chi connectivity index (χ2n) is 7.31. The van der Waals surface area contributed by atoms with E-state index in [9.17, 15) is 4.79 Å². The van der Waals surface area contributed by atoms with Gasteiger partial charge in [-0.15, -0.1) is 16.4 Å². The van der Waals surface area contributed by atoms with Gasteiger partial charge in [0.15, 0.2) is 0 Å². The van der Waals surface area contributed by atoms with Crippen molar-refractivity contribution < 1.29 is 4.79 Å². The van der Waals surface area contributed by atoms with Gasteiger partial charge in [-0.25, -0.2) is 9.50 Å². The van der Waals surface area contributed by atoms with Crippen LogP contribution in [-0.4, -0.2) is 67.7 Å². The third-order valence-electron chi connectivity index (χ3n) is 5.49. The van der Waals surface area contributed by atoms with E-state index in [1.54, 1.807) is 15.9 Å². The van der Waals surface area contributed by atoms with Gasteiger partial charge in [0.1, 0.15) is 0 Å². The minimum absolute atomic E-state index is 0.225. The number of nitrogens with zero attached hydrogens (tertiary/aromatic N) is 6. The van der Waals surface area contributed by atoms with Crippen LogP contribution in [0.1, 0.15) is 28.2 Å². The summed E-state index contributed by atoms with van der Waals surface area (Å²) in [6.45, 7) is 8.49. The van der Waals surface area contributed by atoms with Crippen LogP contribution in [0.3, 0.4) is 0 Å². The lowest BCUT2D eigenvalue weighted by Crippen LogP contribution is -2.48. The number of thiophene rings is 1. The second-order valence-corrected chi connectivity index (χ2v) is 9.11. The van der Waals surface area contributed by atoms with E-state index in [1.165, 1.54) is 16.6 Å². The molecule has 1 aliphatic rings. The molecule has 154 valence electrons. The number of thioether (sulfide) groups is 1. The third kappa shape index (κ3) is 4.46. The molecule has 29 heavy (non-hydrogen) atoms. The minimum atomic E-state index is 0.225. The fourth-order valence-electron chi connectivity index (χ4n) is 3.81. The summed E-state index contributed by atoms with van der Waals surface area (Å²) >= 11 is 3.30. The molecule has 3 aromatic heterocycles. The molecule has 9 heteroatoms. The van der Waals surface area contributed by atoms with Gasteiger partial charge >= 0.3 is 0 Å². The van der Waals surface area contributed by atoms with E-state index < -0.39 is 0 Å². The zero-order valence-corrected chi connectivity index (χ0v) is 18.7. The van der Waals surface area contributed by atoms with Gasteiger partial charge in [-0.1, -0.05) is 17.8 Å². The van der Waals surface area contributed by atoms with Crippen molar-refractivity contribution in [3.05, 3.63) is 39.3 Å². The van der Waals surface area contributed by atoms with E-state index in [2.05, 4.69) is 37.5 Å². The number of piperazine rings is 1. The number of rotatable bonds is 6. The highest BCUT2D eigenvalue weighted by molar-refractivity contribution is 7.98. The van der Waals surface area contributed by atoms with Crippen molar-refractivity contribution in [2.45, 2.75) is 38.4 Å². The van der Waals surface area contributed by atoms with E-state index >= 15 is 0 Å². The number of carbonyl (C=O) groups is 1. The zero-order chi connectivity index (χ0) is 20.4. The van der Waals surface area contributed by atoms with Crippen molar-refractivity contribution in [1.29, 1.82) is 0 Å². The summed E-state index contributed by atoms with van der Waals surface area (Å²) < 4.78 is 1.79. The molecule has 1 fully saturated rings. The molecule has 0 saturated carbocycles. The minimum Gasteiger partial charge on any atom is -0.340 e. The quantitative estimate of drug-likeness (QED) is 0.560. The van der Waals surface area contributed by atoms with Crippen LogP contribution in [0, 0.1) is 13.8 Å². The summed E-state index contributed by atoms with van der Waals surface area (Å²) in [5.41, 5.74) is 3.05. The van der Waals surface area contributed by atoms with Gasteiger partial charge < -0.3 is 4.90 Å². The number of fused-ring (bicyclic) bond motifs is 1. The van der Waals surface area contributed by atoms with Crippen LogP contribution in [0.25, 0.3) is 5.78 Å². The third-order valence-corrected chi connectivity index (χ3v) is 6.88. The first-order valence-electron chi connectivity index (χ1n) is 9.84. The summed E-state index contributed by atoms with van der Waals surface area (Å²) in [5, 5.41) is 7.33. The Morgan fingerprint density at radius 2 is 2.00 bits per heavy atom. The molecule has 0 bridgehead atoms. The van der Waals surface area contributed by atoms with E-state index in [1.807, 2.05) is 25.0 Å². The molecule has 4 rings (SSSR count). The molecule has 7 nitrogen and oxygen atoms in total. The van der Waals surface area contributed by atoms with Crippen molar-refractivity contribution in [3.8, 4) is 0 Å². The smallest absolute Gasteiger partial charge is 0.253 e. The molecule has 0 radical (unpaired) electrons. The average Bonchev–Trinajstić information content (AvgIpc) is 3.37. The lowest BCUT2D eigenvalue weighted by molar-refractivity contribution is -0.132. The molecule has 0 aliphatic carbocycles. The van der Waals surface area contributed by atoms with Gasteiger partial charge in [-0.3, -0.25) is 9.69 Å². The normalized spacial score (nSPS) is 15.3. The molecule has 0 atom stereocenters. The standard InChI is InChI=1S/C20H26N6OS2/c1-14-17(15(2)26-19(21-14)22-20(23-26)28-3)6-7-18(27)25-10-8-24(9-11-25)13-16-5-4-12-29-16/h4-5,12H,6-11,13H2,1-3H3. The van der Waals surface area contributed by atoms with Crippen molar-refractivity contribution >= 4 is 34.8 Å². The van der Waals surface area contributed by atoms with Crippen LogP contribution >= 0.6 is 23.1 Å². The zero-order valence-electron chi connectivity index (χ0n) is 17.1. The Morgan fingerprint density at radius 1 is 1.21 bits per heavy atom. The first-order valence-corrected chi connectivity index (χ1v) is 11.9. The highest BCUT2D eigenvalue weighted by Gasteiger charge is 2.22. The van der Waals surface area contributed by atoms with E-state index in [-0.39, 0.29) is 5.91 Å². The Labute approximate surface area is 179 Å². The summed E-state index contributed by atoms with van der Waals surface area (Å²) in [6, 6.07) is 4.27. The molecular formula is C20H26N6OS2. The van der Waals surface area contributed by atoms with Gasteiger partial charge in [0.05, 0.1) is 0 Å². The lowest BCUT2D eigenvalue weighted by Gasteiger charge is -2.34. The predicted octanol–water partition coefficient (Wildman–Crippen LogP) is 2.80. The molecule has 4 heterocycles. The summed E-state index contributed by atoms with van der Waals surface area (Å²) in [5.74, 6) is 0.851. The number of aromatic nitrogens is 4. The van der Waals surface area contributed by atoms with Gasteiger partial charge in [0.25, 0.3) is 5.78 Å². The van der Waals surface area contributed by atoms with Crippen molar-refractivity contribution in [3.63, 3.8) is 0 Å². The van der Waals surface area contributed by atoms with E-state index in [4.69, 9.17) is 0 Å². The molecule has 0 spiro atoms. The molecule has 3 aromatic rings. The van der Waals surface area contributed by atoms with Crippen LogP contribution in [-0.2, 0) is 17.8 Å². The largest absolute Gasteiger partial charge is 0.340 e. The first-order chi connectivity index (χ1) is 14.0. The van der Waals surface area contributed by atoms with Crippen molar-refractivity contribution in [1.82, 2.24) is 29.4 Å². The number of carbonyl (C=O) groups excluding carboxylic acids is 1. The molecule has 1 amide bonds. The lowest BCUT2D eigenvalue weighted by atomic mass is 10.1. The number of aryl methyl sites for hydroxylation is 2. The van der Waals surface area contributed by atoms with Gasteiger partial charge in [-0.05, 0) is 43.5 Å². The van der Waals surface area contributed by atoms with E-state index in [0.29, 0.717) is 23.8 Å². The summed E-state index contributed by atoms with van der Waals surface area (Å²) in [4.78, 5) is 27.6.